The molecule has 1 fully saturated rings. The molecule has 1 aromatic heterocycles. The number of aliphatic imine (C=N–C) groups is 2. The Balaban J connectivity index is 1.54. The Bertz CT molecular complexity index is 995. The molecule has 2 aliphatic heterocycles. The van der Waals surface area contributed by atoms with Crippen LogP contribution in [0.3, 0.4) is 0 Å². The van der Waals surface area contributed by atoms with Crippen molar-refractivity contribution in [2.24, 2.45) is 9.98 Å². The first kappa shape index (κ1) is 21.3. The fraction of sp³-hybridized carbons (Fsp3) is 0.435. The molecule has 3 unspecified atom stereocenters. The SMILES string of the molecule is COCCN=CC(C=N)c1ccc2c(c1)C(c1cc(N3CC(C)OC(C)C3)ncn1)=N2. The maximum Gasteiger partial charge on any atom is 0.132 e. The largest absolute Gasteiger partial charge is 0.383 e. The third-order valence-electron chi connectivity index (χ3n) is 5.40. The monoisotopic (exact) mass is 420 g/mol. The standard InChI is InChI=1S/C23H28N6O2/c1-15-12-29(13-16(2)31-15)22-9-21(26-14-27-22)23-19-8-17(4-5-20(19)28-23)18(10-24)11-25-6-7-30-3/h4-5,8-11,14-16,18,24H,6-7,12-13H2,1-3H3. The van der Waals surface area contributed by atoms with E-state index >= 15 is 0 Å². The van der Waals surface area contributed by atoms with E-state index in [1.165, 1.54) is 6.21 Å². The Hall–Kier alpha value is -2.97. The minimum atomic E-state index is -0.179. The van der Waals surface area contributed by atoms with E-state index in [1.54, 1.807) is 19.7 Å². The van der Waals surface area contributed by atoms with E-state index in [2.05, 4.69) is 44.8 Å². The molecular formula is C23H28N6O2. The number of hydrogen-bond donors (Lipinski definition) is 1. The molecule has 2 aliphatic rings. The van der Waals surface area contributed by atoms with Crippen LogP contribution in [0.15, 0.2) is 40.6 Å². The Morgan fingerprint density at radius 1 is 1.26 bits per heavy atom. The van der Waals surface area contributed by atoms with Crippen molar-refractivity contribution in [1.82, 2.24) is 9.97 Å². The van der Waals surface area contributed by atoms with Crippen LogP contribution in [-0.4, -0.2) is 73.7 Å². The first-order valence-electron chi connectivity index (χ1n) is 10.5. The molecule has 8 heteroatoms. The first-order chi connectivity index (χ1) is 15.1. The normalized spacial score (nSPS) is 21.4. The van der Waals surface area contributed by atoms with Gasteiger partial charge in [0.1, 0.15) is 12.1 Å². The zero-order valence-electron chi connectivity index (χ0n) is 18.2. The second-order valence-corrected chi connectivity index (χ2v) is 7.90. The molecule has 0 amide bonds. The molecule has 3 atom stereocenters. The van der Waals surface area contributed by atoms with E-state index in [0.29, 0.717) is 13.2 Å². The second-order valence-electron chi connectivity index (χ2n) is 7.90. The lowest BCUT2D eigenvalue weighted by Crippen LogP contribution is -2.45. The van der Waals surface area contributed by atoms with Gasteiger partial charge in [0, 0.05) is 44.3 Å². The minimum Gasteiger partial charge on any atom is -0.383 e. The number of benzene rings is 1. The number of anilines is 1. The van der Waals surface area contributed by atoms with Crippen molar-refractivity contribution in [3.8, 4) is 0 Å². The fourth-order valence-corrected chi connectivity index (χ4v) is 3.94. The van der Waals surface area contributed by atoms with Gasteiger partial charge in [0.15, 0.2) is 0 Å². The van der Waals surface area contributed by atoms with Gasteiger partial charge in [-0.1, -0.05) is 6.07 Å². The minimum absolute atomic E-state index is 0.162. The number of fused-ring (bicyclic) bond motifs is 1. The number of aromatic nitrogens is 2. The van der Waals surface area contributed by atoms with E-state index in [0.717, 1.165) is 47.1 Å². The molecule has 1 aromatic carbocycles. The average Bonchev–Trinajstić information content (AvgIpc) is 2.75. The highest BCUT2D eigenvalue weighted by Gasteiger charge is 2.26. The van der Waals surface area contributed by atoms with Crippen LogP contribution in [0.2, 0.25) is 0 Å². The third-order valence-corrected chi connectivity index (χ3v) is 5.40. The lowest BCUT2D eigenvalue weighted by Gasteiger charge is -2.36. The third kappa shape index (κ3) is 4.70. The summed E-state index contributed by atoms with van der Waals surface area (Å²) in [6, 6.07) is 8.07. The molecule has 3 heterocycles. The van der Waals surface area contributed by atoms with Crippen LogP contribution >= 0.6 is 0 Å². The summed E-state index contributed by atoms with van der Waals surface area (Å²) in [6.07, 6.45) is 5.12. The summed E-state index contributed by atoms with van der Waals surface area (Å²) in [5, 5.41) is 7.79. The van der Waals surface area contributed by atoms with Gasteiger partial charge in [0.2, 0.25) is 0 Å². The van der Waals surface area contributed by atoms with Crippen LogP contribution in [0.25, 0.3) is 0 Å². The van der Waals surface area contributed by atoms with E-state index in [1.807, 2.05) is 18.2 Å². The highest BCUT2D eigenvalue weighted by atomic mass is 16.5. The smallest absolute Gasteiger partial charge is 0.132 e. The molecule has 0 bridgehead atoms. The zero-order valence-corrected chi connectivity index (χ0v) is 18.2. The van der Waals surface area contributed by atoms with Crippen molar-refractivity contribution in [3.63, 3.8) is 0 Å². The van der Waals surface area contributed by atoms with Crippen LogP contribution in [0.5, 0.6) is 0 Å². The molecule has 31 heavy (non-hydrogen) atoms. The summed E-state index contributed by atoms with van der Waals surface area (Å²) in [7, 11) is 1.65. The number of hydrogen-bond acceptors (Lipinski definition) is 8. The number of ether oxygens (including phenoxy) is 2. The van der Waals surface area contributed by atoms with Gasteiger partial charge in [-0.15, -0.1) is 0 Å². The lowest BCUT2D eigenvalue weighted by atomic mass is 9.92. The van der Waals surface area contributed by atoms with Gasteiger partial charge in [-0.05, 0) is 31.5 Å². The molecule has 1 saturated heterocycles. The summed E-state index contributed by atoms with van der Waals surface area (Å²) < 4.78 is 10.9. The van der Waals surface area contributed by atoms with E-state index in [9.17, 15) is 0 Å². The van der Waals surface area contributed by atoms with Gasteiger partial charge in [0.05, 0.1) is 48.4 Å². The summed E-state index contributed by atoms with van der Waals surface area (Å²) in [5.41, 5.74) is 4.65. The predicted molar refractivity (Wildman–Crippen MR) is 123 cm³/mol. The second kappa shape index (κ2) is 9.45. The maximum atomic E-state index is 7.79. The van der Waals surface area contributed by atoms with Gasteiger partial charge in [-0.3, -0.25) is 4.99 Å². The number of nitrogens with zero attached hydrogens (tertiary/aromatic N) is 5. The molecule has 2 aromatic rings. The van der Waals surface area contributed by atoms with Crippen molar-refractivity contribution < 1.29 is 9.47 Å². The van der Waals surface area contributed by atoms with Crippen LogP contribution in [0.1, 0.15) is 36.6 Å². The van der Waals surface area contributed by atoms with Crippen molar-refractivity contribution in [2.75, 3.05) is 38.3 Å². The quantitative estimate of drug-likeness (QED) is 0.446. The summed E-state index contributed by atoms with van der Waals surface area (Å²) in [5.74, 6) is 0.711. The van der Waals surface area contributed by atoms with Crippen molar-refractivity contribution >= 4 is 29.6 Å². The van der Waals surface area contributed by atoms with Crippen molar-refractivity contribution in [3.05, 3.63) is 47.4 Å². The predicted octanol–water partition coefficient (Wildman–Crippen LogP) is 3.02. The molecule has 0 aliphatic carbocycles. The summed E-state index contributed by atoms with van der Waals surface area (Å²) >= 11 is 0. The first-order valence-corrected chi connectivity index (χ1v) is 10.5. The number of morpholine rings is 1. The lowest BCUT2D eigenvalue weighted by molar-refractivity contribution is -0.00546. The van der Waals surface area contributed by atoms with E-state index < -0.39 is 0 Å². The molecule has 4 rings (SSSR count). The van der Waals surface area contributed by atoms with Gasteiger partial charge >= 0.3 is 0 Å². The molecule has 0 radical (unpaired) electrons. The molecule has 0 spiro atoms. The summed E-state index contributed by atoms with van der Waals surface area (Å²) in [6.45, 7) is 6.92. The van der Waals surface area contributed by atoms with Crippen LogP contribution < -0.4 is 4.90 Å². The number of nitrogens with one attached hydrogen (secondary N) is 1. The van der Waals surface area contributed by atoms with Crippen LogP contribution in [0, 0.1) is 5.41 Å². The Morgan fingerprint density at radius 2 is 2.06 bits per heavy atom. The van der Waals surface area contributed by atoms with Crippen molar-refractivity contribution in [2.45, 2.75) is 32.0 Å². The Kier molecular flexibility index (Phi) is 6.48. The van der Waals surface area contributed by atoms with Gasteiger partial charge in [-0.2, -0.15) is 0 Å². The topological polar surface area (TPSA) is 96.0 Å². The molecule has 162 valence electrons. The zero-order chi connectivity index (χ0) is 21.8. The fourth-order valence-electron chi connectivity index (χ4n) is 3.94. The maximum absolute atomic E-state index is 7.79. The highest BCUT2D eigenvalue weighted by Crippen LogP contribution is 2.35. The molecule has 0 saturated carbocycles. The summed E-state index contributed by atoms with van der Waals surface area (Å²) in [4.78, 5) is 20.2. The van der Waals surface area contributed by atoms with E-state index in [-0.39, 0.29) is 18.1 Å². The van der Waals surface area contributed by atoms with Crippen molar-refractivity contribution in [1.29, 1.82) is 5.41 Å². The van der Waals surface area contributed by atoms with Crippen LogP contribution in [-0.2, 0) is 9.47 Å². The van der Waals surface area contributed by atoms with E-state index in [4.69, 9.17) is 14.9 Å². The molecule has 1 N–H and O–H groups in total. The highest BCUT2D eigenvalue weighted by molar-refractivity contribution is 6.21. The number of methoxy groups -OCH3 is 1. The molecule has 8 nitrogen and oxygen atoms in total. The Morgan fingerprint density at radius 3 is 2.81 bits per heavy atom. The van der Waals surface area contributed by atoms with Gasteiger partial charge in [-0.25, -0.2) is 15.0 Å². The van der Waals surface area contributed by atoms with Gasteiger partial charge in [0.25, 0.3) is 0 Å². The average molecular weight is 421 g/mol. The van der Waals surface area contributed by atoms with Crippen LogP contribution in [0.4, 0.5) is 11.5 Å². The number of rotatable bonds is 8. The Labute approximate surface area is 182 Å². The molecular weight excluding hydrogens is 392 g/mol. The van der Waals surface area contributed by atoms with Gasteiger partial charge < -0.3 is 19.8 Å².